The largest absolute Gasteiger partial charge is 0.494 e. The van der Waals surface area contributed by atoms with Gasteiger partial charge < -0.3 is 9.15 Å². The van der Waals surface area contributed by atoms with E-state index >= 15 is 0 Å². The number of oxazole rings is 1. The molecule has 0 N–H and O–H groups in total. The van der Waals surface area contributed by atoms with Crippen molar-refractivity contribution in [3.63, 3.8) is 0 Å². The summed E-state index contributed by atoms with van der Waals surface area (Å²) in [4.78, 5) is 8.47. The maximum atomic E-state index is 5.41. The predicted molar refractivity (Wildman–Crippen MR) is 63.8 cm³/mol. The molecule has 0 fully saturated rings. The molecule has 3 rings (SSSR count). The van der Waals surface area contributed by atoms with Crippen molar-refractivity contribution in [3.05, 3.63) is 42.9 Å². The van der Waals surface area contributed by atoms with Crippen molar-refractivity contribution in [1.29, 1.82) is 0 Å². The molecule has 0 radical (unpaired) electrons. The van der Waals surface area contributed by atoms with E-state index in [0.717, 1.165) is 16.8 Å². The minimum atomic E-state index is 0.690. The van der Waals surface area contributed by atoms with Crippen molar-refractivity contribution in [3.8, 4) is 17.0 Å². The summed E-state index contributed by atoms with van der Waals surface area (Å²) in [5.74, 6) is 0.690. The minimum Gasteiger partial charge on any atom is -0.494 e. The Labute approximate surface area is 97.9 Å². The van der Waals surface area contributed by atoms with Gasteiger partial charge in [-0.1, -0.05) is 6.07 Å². The average Bonchev–Trinajstić information content (AvgIpc) is 2.86. The van der Waals surface area contributed by atoms with Gasteiger partial charge in [0.2, 0.25) is 0 Å². The molecule has 0 bridgehead atoms. The molecule has 0 unspecified atom stereocenters. The highest BCUT2D eigenvalue weighted by atomic mass is 16.5. The van der Waals surface area contributed by atoms with Gasteiger partial charge in [0.1, 0.15) is 0 Å². The molecule has 0 amide bonds. The number of ether oxygens (including phenoxy) is 1. The van der Waals surface area contributed by atoms with Crippen molar-refractivity contribution >= 4 is 11.1 Å². The van der Waals surface area contributed by atoms with Gasteiger partial charge >= 0.3 is 0 Å². The predicted octanol–water partition coefficient (Wildman–Crippen LogP) is 2.90. The molecule has 0 spiro atoms. The number of methoxy groups -OCH3 is 1. The molecule has 3 aromatic rings. The molecule has 0 aliphatic carbocycles. The minimum absolute atomic E-state index is 0.690. The Morgan fingerprint density at radius 2 is 2.06 bits per heavy atom. The molecule has 0 atom stereocenters. The maximum absolute atomic E-state index is 5.41. The lowest BCUT2D eigenvalue weighted by Crippen LogP contribution is -1.90. The molecular formula is C13H10N2O2. The van der Waals surface area contributed by atoms with E-state index in [1.54, 1.807) is 13.3 Å². The van der Waals surface area contributed by atoms with Crippen LogP contribution in [0.1, 0.15) is 0 Å². The van der Waals surface area contributed by atoms with Gasteiger partial charge in [-0.3, -0.25) is 4.98 Å². The van der Waals surface area contributed by atoms with Gasteiger partial charge in [-0.2, -0.15) is 0 Å². The molecule has 2 aromatic heterocycles. The third-order valence-corrected chi connectivity index (χ3v) is 2.60. The summed E-state index contributed by atoms with van der Waals surface area (Å²) in [6, 6.07) is 9.55. The number of fused-ring (bicyclic) bond motifs is 1. The number of rotatable bonds is 2. The normalized spacial score (nSPS) is 10.6. The first-order valence-corrected chi connectivity index (χ1v) is 5.22. The van der Waals surface area contributed by atoms with Crippen LogP contribution in [-0.4, -0.2) is 17.1 Å². The Morgan fingerprint density at radius 3 is 2.82 bits per heavy atom. The molecule has 1 aromatic carbocycles. The lowest BCUT2D eigenvalue weighted by molar-refractivity contribution is 0.420. The van der Waals surface area contributed by atoms with E-state index in [9.17, 15) is 0 Å². The molecule has 17 heavy (non-hydrogen) atoms. The SMILES string of the molecule is COc1c(-c2ccccn2)ccc2ocnc12. The first-order chi connectivity index (χ1) is 8.40. The molecule has 0 aliphatic heterocycles. The summed E-state index contributed by atoms with van der Waals surface area (Å²) in [5, 5.41) is 0. The smallest absolute Gasteiger partial charge is 0.182 e. The highest BCUT2D eigenvalue weighted by molar-refractivity contribution is 5.88. The quantitative estimate of drug-likeness (QED) is 0.674. The summed E-state index contributed by atoms with van der Waals surface area (Å²) in [5.41, 5.74) is 3.20. The van der Waals surface area contributed by atoms with Gasteiger partial charge in [0, 0.05) is 11.8 Å². The fraction of sp³-hybridized carbons (Fsp3) is 0.0769. The van der Waals surface area contributed by atoms with Crippen LogP contribution < -0.4 is 4.74 Å². The maximum Gasteiger partial charge on any atom is 0.182 e. The number of hydrogen-bond acceptors (Lipinski definition) is 4. The van der Waals surface area contributed by atoms with Crippen molar-refractivity contribution in [2.45, 2.75) is 0 Å². The van der Waals surface area contributed by atoms with Crippen LogP contribution in [0.5, 0.6) is 5.75 Å². The van der Waals surface area contributed by atoms with Crippen molar-refractivity contribution in [2.75, 3.05) is 7.11 Å². The molecule has 4 heteroatoms. The fourth-order valence-corrected chi connectivity index (χ4v) is 1.84. The zero-order valence-corrected chi connectivity index (χ0v) is 9.25. The third-order valence-electron chi connectivity index (χ3n) is 2.60. The Morgan fingerprint density at radius 1 is 1.12 bits per heavy atom. The molecule has 0 saturated heterocycles. The van der Waals surface area contributed by atoms with Crippen LogP contribution in [-0.2, 0) is 0 Å². The van der Waals surface area contributed by atoms with Crippen LogP contribution in [0.3, 0.4) is 0 Å². The van der Waals surface area contributed by atoms with E-state index in [-0.39, 0.29) is 0 Å². The van der Waals surface area contributed by atoms with Crippen molar-refractivity contribution in [2.24, 2.45) is 0 Å². The summed E-state index contributed by atoms with van der Waals surface area (Å²) >= 11 is 0. The highest BCUT2D eigenvalue weighted by Crippen LogP contribution is 2.34. The van der Waals surface area contributed by atoms with Gasteiger partial charge in [0.15, 0.2) is 23.2 Å². The van der Waals surface area contributed by atoms with E-state index in [4.69, 9.17) is 9.15 Å². The van der Waals surface area contributed by atoms with E-state index in [0.29, 0.717) is 11.3 Å². The summed E-state index contributed by atoms with van der Waals surface area (Å²) in [6.45, 7) is 0. The number of pyridine rings is 1. The number of aromatic nitrogens is 2. The Bertz CT molecular complexity index is 647. The van der Waals surface area contributed by atoms with Crippen molar-refractivity contribution < 1.29 is 9.15 Å². The lowest BCUT2D eigenvalue weighted by atomic mass is 10.1. The average molecular weight is 226 g/mol. The molecule has 0 saturated carbocycles. The fourth-order valence-electron chi connectivity index (χ4n) is 1.84. The topological polar surface area (TPSA) is 48.2 Å². The Hall–Kier alpha value is -2.36. The van der Waals surface area contributed by atoms with Gasteiger partial charge in [-0.05, 0) is 24.3 Å². The molecule has 2 heterocycles. The van der Waals surface area contributed by atoms with Crippen LogP contribution in [0.4, 0.5) is 0 Å². The number of benzene rings is 1. The van der Waals surface area contributed by atoms with Crippen LogP contribution in [0, 0.1) is 0 Å². The zero-order valence-electron chi connectivity index (χ0n) is 9.25. The van der Waals surface area contributed by atoms with Crippen molar-refractivity contribution in [1.82, 2.24) is 9.97 Å². The molecule has 4 nitrogen and oxygen atoms in total. The summed E-state index contributed by atoms with van der Waals surface area (Å²) in [7, 11) is 1.62. The third kappa shape index (κ3) is 1.54. The van der Waals surface area contributed by atoms with E-state index in [1.165, 1.54) is 6.39 Å². The lowest BCUT2D eigenvalue weighted by Gasteiger charge is -2.07. The molecule has 84 valence electrons. The molecule has 0 aliphatic rings. The zero-order chi connectivity index (χ0) is 11.7. The van der Waals surface area contributed by atoms with E-state index in [2.05, 4.69) is 9.97 Å². The van der Waals surface area contributed by atoms with E-state index < -0.39 is 0 Å². The van der Waals surface area contributed by atoms with Crippen LogP contribution >= 0.6 is 0 Å². The first-order valence-electron chi connectivity index (χ1n) is 5.22. The second-order valence-corrected chi connectivity index (χ2v) is 3.56. The van der Waals surface area contributed by atoms with Gasteiger partial charge in [0.25, 0.3) is 0 Å². The highest BCUT2D eigenvalue weighted by Gasteiger charge is 2.13. The van der Waals surface area contributed by atoms with Crippen LogP contribution in [0.2, 0.25) is 0 Å². The first kappa shape index (κ1) is 9.84. The van der Waals surface area contributed by atoms with Crippen LogP contribution in [0.25, 0.3) is 22.4 Å². The van der Waals surface area contributed by atoms with Gasteiger partial charge in [0.05, 0.1) is 12.8 Å². The standard InChI is InChI=1S/C13H10N2O2/c1-16-13-9(10-4-2-3-7-14-10)5-6-11-12(13)15-8-17-11/h2-8H,1H3. The van der Waals surface area contributed by atoms with Gasteiger partial charge in [-0.25, -0.2) is 4.98 Å². The summed E-state index contributed by atoms with van der Waals surface area (Å²) < 4.78 is 10.6. The Kier molecular flexibility index (Phi) is 2.26. The summed E-state index contributed by atoms with van der Waals surface area (Å²) in [6.07, 6.45) is 3.16. The van der Waals surface area contributed by atoms with Gasteiger partial charge in [-0.15, -0.1) is 0 Å². The number of hydrogen-bond donors (Lipinski definition) is 0. The molecular weight excluding hydrogens is 216 g/mol. The second-order valence-electron chi connectivity index (χ2n) is 3.56. The Balaban J connectivity index is 2.29. The monoisotopic (exact) mass is 226 g/mol. The number of nitrogens with zero attached hydrogens (tertiary/aromatic N) is 2. The second kappa shape index (κ2) is 3.90. The van der Waals surface area contributed by atoms with E-state index in [1.807, 2.05) is 30.3 Å². The van der Waals surface area contributed by atoms with Crippen LogP contribution in [0.15, 0.2) is 47.3 Å².